The Kier molecular flexibility index (Phi) is 4.99. The number of nitrogens with one attached hydrogen (secondary N) is 1. The summed E-state index contributed by atoms with van der Waals surface area (Å²) in [7, 11) is 1.65. The predicted molar refractivity (Wildman–Crippen MR) is 72.0 cm³/mol. The van der Waals surface area contributed by atoms with E-state index in [1.54, 1.807) is 7.11 Å². The first kappa shape index (κ1) is 14.1. The average molecular weight is 266 g/mol. The first-order chi connectivity index (χ1) is 9.20. The average Bonchev–Trinajstić information content (AvgIpc) is 2.87. The molecule has 1 aromatic heterocycles. The van der Waals surface area contributed by atoms with Gasteiger partial charge in [-0.15, -0.1) is 0 Å². The van der Waals surface area contributed by atoms with Crippen LogP contribution in [0.1, 0.15) is 36.2 Å². The highest BCUT2D eigenvalue weighted by Gasteiger charge is 2.22. The van der Waals surface area contributed by atoms with E-state index in [4.69, 9.17) is 4.74 Å². The van der Waals surface area contributed by atoms with Crippen LogP contribution in [0.15, 0.2) is 18.3 Å². The Hall–Kier alpha value is -1.33. The highest BCUT2D eigenvalue weighted by molar-refractivity contribution is 5.92. The second-order valence-electron chi connectivity index (χ2n) is 5.06. The molecule has 5 heteroatoms. The van der Waals surface area contributed by atoms with Gasteiger partial charge in [0.25, 0.3) is 5.91 Å². The molecule has 1 aliphatic carbocycles. The molecule has 0 saturated heterocycles. The maximum absolute atomic E-state index is 12.2. The molecular formula is C14H22N2O3. The number of hydrogen-bond donors (Lipinski definition) is 2. The van der Waals surface area contributed by atoms with Crippen LogP contribution in [0.5, 0.6) is 0 Å². The van der Waals surface area contributed by atoms with Crippen molar-refractivity contribution in [1.82, 2.24) is 9.88 Å². The monoisotopic (exact) mass is 266 g/mol. The fourth-order valence-electron chi connectivity index (χ4n) is 2.48. The van der Waals surface area contributed by atoms with Gasteiger partial charge in [-0.1, -0.05) is 0 Å². The number of carbonyl (C=O) groups excluding carboxylic acids is 1. The second-order valence-corrected chi connectivity index (χ2v) is 5.06. The first-order valence-corrected chi connectivity index (χ1v) is 6.83. The molecular weight excluding hydrogens is 244 g/mol. The van der Waals surface area contributed by atoms with E-state index in [2.05, 4.69) is 5.32 Å². The Labute approximate surface area is 113 Å². The number of amides is 1. The zero-order chi connectivity index (χ0) is 13.7. The minimum atomic E-state index is -0.196. The molecule has 0 atom stereocenters. The van der Waals surface area contributed by atoms with Crippen LogP contribution in [0.3, 0.4) is 0 Å². The van der Waals surface area contributed by atoms with Crippen molar-refractivity contribution in [3.63, 3.8) is 0 Å². The van der Waals surface area contributed by atoms with E-state index in [0.717, 1.165) is 25.7 Å². The minimum Gasteiger partial charge on any atom is -0.393 e. The summed E-state index contributed by atoms with van der Waals surface area (Å²) in [5, 5.41) is 12.5. The molecule has 2 N–H and O–H groups in total. The van der Waals surface area contributed by atoms with E-state index < -0.39 is 0 Å². The van der Waals surface area contributed by atoms with Crippen molar-refractivity contribution >= 4 is 5.91 Å². The van der Waals surface area contributed by atoms with E-state index in [1.807, 2.05) is 22.9 Å². The SMILES string of the molecule is COCCn1cccc1C(=O)NC1CCC(O)CC1. The van der Waals surface area contributed by atoms with Gasteiger partial charge in [-0.25, -0.2) is 0 Å². The fraction of sp³-hybridized carbons (Fsp3) is 0.643. The third-order valence-corrected chi connectivity index (χ3v) is 3.63. The quantitative estimate of drug-likeness (QED) is 0.841. The summed E-state index contributed by atoms with van der Waals surface area (Å²) in [6.07, 6.45) is 4.94. The van der Waals surface area contributed by atoms with Crippen LogP contribution in [0, 0.1) is 0 Å². The molecule has 19 heavy (non-hydrogen) atoms. The number of carbonyl (C=O) groups is 1. The standard InChI is InChI=1S/C14H22N2O3/c1-19-10-9-16-8-2-3-13(16)14(18)15-11-4-6-12(17)7-5-11/h2-3,8,11-12,17H,4-7,9-10H2,1H3,(H,15,18). The molecule has 0 unspecified atom stereocenters. The smallest absolute Gasteiger partial charge is 0.268 e. The zero-order valence-electron chi connectivity index (χ0n) is 11.3. The summed E-state index contributed by atoms with van der Waals surface area (Å²) >= 11 is 0. The van der Waals surface area contributed by atoms with Crippen molar-refractivity contribution in [3.05, 3.63) is 24.0 Å². The van der Waals surface area contributed by atoms with Crippen LogP contribution in [0.25, 0.3) is 0 Å². The Morgan fingerprint density at radius 1 is 1.47 bits per heavy atom. The summed E-state index contributed by atoms with van der Waals surface area (Å²) in [4.78, 5) is 12.2. The van der Waals surface area contributed by atoms with Crippen molar-refractivity contribution in [2.45, 2.75) is 44.4 Å². The third-order valence-electron chi connectivity index (χ3n) is 3.63. The first-order valence-electron chi connectivity index (χ1n) is 6.83. The number of rotatable bonds is 5. The lowest BCUT2D eigenvalue weighted by Crippen LogP contribution is -2.39. The molecule has 5 nitrogen and oxygen atoms in total. The molecule has 0 spiro atoms. The maximum atomic E-state index is 12.2. The lowest BCUT2D eigenvalue weighted by molar-refractivity contribution is 0.0857. The molecule has 1 fully saturated rings. The summed E-state index contributed by atoms with van der Waals surface area (Å²) in [5.74, 6) is -0.0394. The molecule has 1 amide bonds. The Bertz CT molecular complexity index is 409. The molecule has 106 valence electrons. The van der Waals surface area contributed by atoms with Gasteiger partial charge in [0, 0.05) is 25.9 Å². The van der Waals surface area contributed by atoms with Gasteiger partial charge in [0.2, 0.25) is 0 Å². The number of nitrogens with zero attached hydrogens (tertiary/aromatic N) is 1. The molecule has 1 heterocycles. The van der Waals surface area contributed by atoms with Gasteiger partial charge in [0.05, 0.1) is 12.7 Å². The van der Waals surface area contributed by atoms with E-state index in [0.29, 0.717) is 18.8 Å². The lowest BCUT2D eigenvalue weighted by Gasteiger charge is -2.26. The predicted octanol–water partition coefficient (Wildman–Crippen LogP) is 1.17. The summed E-state index contributed by atoms with van der Waals surface area (Å²) in [5.41, 5.74) is 0.670. The maximum Gasteiger partial charge on any atom is 0.268 e. The van der Waals surface area contributed by atoms with Crippen molar-refractivity contribution in [1.29, 1.82) is 0 Å². The molecule has 2 rings (SSSR count). The number of aliphatic hydroxyl groups excluding tert-OH is 1. The van der Waals surface area contributed by atoms with Crippen molar-refractivity contribution in [2.24, 2.45) is 0 Å². The number of aromatic nitrogens is 1. The molecule has 1 aromatic rings. The lowest BCUT2D eigenvalue weighted by atomic mass is 9.93. The Morgan fingerprint density at radius 3 is 2.89 bits per heavy atom. The van der Waals surface area contributed by atoms with Gasteiger partial charge in [-0.3, -0.25) is 4.79 Å². The van der Waals surface area contributed by atoms with Crippen molar-refractivity contribution in [2.75, 3.05) is 13.7 Å². The molecule has 0 bridgehead atoms. The van der Waals surface area contributed by atoms with Gasteiger partial charge in [0.1, 0.15) is 5.69 Å². The summed E-state index contributed by atoms with van der Waals surface area (Å²) in [6, 6.07) is 3.87. The van der Waals surface area contributed by atoms with E-state index in [-0.39, 0.29) is 18.1 Å². The summed E-state index contributed by atoms with van der Waals surface area (Å²) < 4.78 is 6.93. The Morgan fingerprint density at radius 2 is 2.21 bits per heavy atom. The molecule has 1 aliphatic rings. The highest BCUT2D eigenvalue weighted by Crippen LogP contribution is 2.18. The second kappa shape index (κ2) is 6.73. The number of methoxy groups -OCH3 is 1. The van der Waals surface area contributed by atoms with Crippen LogP contribution in [0.4, 0.5) is 0 Å². The van der Waals surface area contributed by atoms with Crippen LogP contribution in [-0.2, 0) is 11.3 Å². The molecule has 1 saturated carbocycles. The van der Waals surface area contributed by atoms with Gasteiger partial charge in [-0.05, 0) is 37.8 Å². The van der Waals surface area contributed by atoms with E-state index in [1.165, 1.54) is 0 Å². The molecule has 0 aliphatic heterocycles. The van der Waals surface area contributed by atoms with Crippen LogP contribution in [-0.4, -0.2) is 41.4 Å². The number of ether oxygens (including phenoxy) is 1. The highest BCUT2D eigenvalue weighted by atomic mass is 16.5. The normalized spacial score (nSPS) is 23.3. The van der Waals surface area contributed by atoms with Crippen molar-refractivity contribution < 1.29 is 14.6 Å². The van der Waals surface area contributed by atoms with Gasteiger partial charge in [-0.2, -0.15) is 0 Å². The van der Waals surface area contributed by atoms with Gasteiger partial charge >= 0.3 is 0 Å². The Balaban J connectivity index is 1.90. The topological polar surface area (TPSA) is 63.5 Å². The van der Waals surface area contributed by atoms with Crippen LogP contribution < -0.4 is 5.32 Å². The van der Waals surface area contributed by atoms with Gasteiger partial charge in [0.15, 0.2) is 0 Å². The van der Waals surface area contributed by atoms with Crippen LogP contribution >= 0.6 is 0 Å². The number of aliphatic hydroxyl groups is 1. The largest absolute Gasteiger partial charge is 0.393 e. The zero-order valence-corrected chi connectivity index (χ0v) is 11.3. The third kappa shape index (κ3) is 3.81. The summed E-state index contributed by atoms with van der Waals surface area (Å²) in [6.45, 7) is 1.26. The van der Waals surface area contributed by atoms with Crippen molar-refractivity contribution in [3.8, 4) is 0 Å². The fourth-order valence-corrected chi connectivity index (χ4v) is 2.48. The van der Waals surface area contributed by atoms with E-state index >= 15 is 0 Å². The van der Waals surface area contributed by atoms with Gasteiger partial charge < -0.3 is 19.7 Å². The van der Waals surface area contributed by atoms with Crippen LogP contribution in [0.2, 0.25) is 0 Å². The molecule has 0 radical (unpaired) electrons. The van der Waals surface area contributed by atoms with E-state index in [9.17, 15) is 9.90 Å². The number of hydrogen-bond acceptors (Lipinski definition) is 3. The molecule has 0 aromatic carbocycles. The minimum absolute atomic E-state index is 0.0394.